The van der Waals surface area contributed by atoms with Gasteiger partial charge >= 0.3 is 0 Å². The molecule has 0 aliphatic heterocycles. The molecule has 0 saturated heterocycles. The minimum atomic E-state index is 0.0742. The fourth-order valence-corrected chi connectivity index (χ4v) is 18.4. The van der Waals surface area contributed by atoms with E-state index in [4.69, 9.17) is 44.9 Å². The van der Waals surface area contributed by atoms with E-state index in [2.05, 4.69) is 346 Å². The van der Waals surface area contributed by atoms with Crippen LogP contribution in [0.1, 0.15) is 11.3 Å². The monoisotopic (exact) mass is 1450 g/mol. The molecule has 2 atom stereocenters. The second kappa shape index (κ2) is 25.2. The number of hydrogen-bond acceptors (Lipinski definition) is 9. The Morgan fingerprint density at radius 1 is 0.228 bits per heavy atom. The number of aromatic nitrogens is 9. The van der Waals surface area contributed by atoms with Crippen molar-refractivity contribution in [3.8, 4) is 78.5 Å². The Morgan fingerprint density at radius 3 is 1.36 bits per heavy atom. The summed E-state index contributed by atoms with van der Waals surface area (Å²) in [5.74, 6) is 0.153. The van der Waals surface area contributed by atoms with E-state index in [-0.39, 0.29) is 11.8 Å². The second-order valence-corrected chi connectivity index (χ2v) is 30.2. The molecule has 0 saturated carbocycles. The first kappa shape index (κ1) is 63.7. The van der Waals surface area contributed by atoms with E-state index in [0.717, 1.165) is 215 Å². The van der Waals surface area contributed by atoms with Crippen LogP contribution in [0.2, 0.25) is 0 Å². The highest BCUT2D eigenvalue weighted by molar-refractivity contribution is 6.19. The van der Waals surface area contributed by atoms with Gasteiger partial charge in [0, 0.05) is 116 Å². The Morgan fingerprint density at radius 2 is 0.702 bits per heavy atom. The molecule has 9 heterocycles. The molecule has 9 heteroatoms. The number of para-hydroxylation sites is 2. The van der Waals surface area contributed by atoms with E-state index in [1.807, 2.05) is 12.1 Å². The molecule has 526 valence electrons. The molecule has 0 bridgehead atoms. The van der Waals surface area contributed by atoms with Gasteiger partial charge in [-0.05, 0) is 129 Å². The molecule has 24 rings (SSSR count). The smallest absolute Gasteiger partial charge is 0.0978 e. The molecule has 114 heavy (non-hydrogen) atoms. The van der Waals surface area contributed by atoms with Crippen LogP contribution in [0.25, 0.3) is 210 Å². The van der Waals surface area contributed by atoms with Crippen LogP contribution in [0.3, 0.4) is 0 Å². The van der Waals surface area contributed by atoms with Crippen molar-refractivity contribution in [3.63, 3.8) is 0 Å². The van der Waals surface area contributed by atoms with E-state index >= 15 is 0 Å². The lowest BCUT2D eigenvalue weighted by Gasteiger charge is -2.42. The molecule has 4 aliphatic carbocycles. The fourth-order valence-electron chi connectivity index (χ4n) is 18.4. The van der Waals surface area contributed by atoms with E-state index in [1.165, 1.54) is 27.9 Å². The summed E-state index contributed by atoms with van der Waals surface area (Å²) in [6.45, 7) is 0. The van der Waals surface area contributed by atoms with Crippen LogP contribution in [0.15, 0.2) is 380 Å². The summed E-state index contributed by atoms with van der Waals surface area (Å²) in [5.41, 5.74) is 32.9. The summed E-state index contributed by atoms with van der Waals surface area (Å²) in [4.78, 5) is 48.7. The van der Waals surface area contributed by atoms with Crippen molar-refractivity contribution in [2.45, 2.75) is 0 Å². The molecule has 4 aliphatic rings. The van der Waals surface area contributed by atoms with Crippen LogP contribution in [0.4, 0.5) is 0 Å². The van der Waals surface area contributed by atoms with Gasteiger partial charge in [0.15, 0.2) is 0 Å². The number of hydrogen-bond donors (Lipinski definition) is 0. The molecule has 11 aromatic carbocycles. The van der Waals surface area contributed by atoms with E-state index in [9.17, 15) is 0 Å². The minimum Gasteiger partial charge on any atom is -0.253 e. The number of allylic oxidation sites excluding steroid dienone is 14. The van der Waals surface area contributed by atoms with Crippen LogP contribution in [0.5, 0.6) is 0 Å². The maximum absolute atomic E-state index is 5.60. The van der Waals surface area contributed by atoms with E-state index in [1.54, 1.807) is 0 Å². The zero-order valence-corrected chi connectivity index (χ0v) is 61.2. The molecule has 0 radical (unpaired) electrons. The fraction of sp³-hybridized carbons (Fsp3) is 0.0190. The largest absolute Gasteiger partial charge is 0.253 e. The molecular weight excluding hydrogens is 1390 g/mol. The molecule has 0 amide bonds. The van der Waals surface area contributed by atoms with Crippen molar-refractivity contribution >= 4 is 131 Å². The van der Waals surface area contributed by atoms with Crippen molar-refractivity contribution in [3.05, 3.63) is 392 Å². The normalized spacial score (nSPS) is 15.1. The highest BCUT2D eigenvalue weighted by atomic mass is 14.8. The van der Waals surface area contributed by atoms with Gasteiger partial charge in [-0.2, -0.15) is 0 Å². The third-order valence-electron chi connectivity index (χ3n) is 23.8. The first-order valence-electron chi connectivity index (χ1n) is 38.8. The quantitative estimate of drug-likeness (QED) is 0.103. The van der Waals surface area contributed by atoms with Gasteiger partial charge < -0.3 is 0 Å². The molecule has 0 N–H and O–H groups in total. The number of rotatable bonds is 9. The Labute approximate surface area is 653 Å². The van der Waals surface area contributed by atoms with Gasteiger partial charge in [-0.25, -0.2) is 39.9 Å². The highest BCUT2D eigenvalue weighted by Gasteiger charge is 2.41. The van der Waals surface area contributed by atoms with Crippen LogP contribution >= 0.6 is 0 Å². The van der Waals surface area contributed by atoms with Gasteiger partial charge in [0.05, 0.1) is 94.8 Å². The molecule has 2 unspecified atom stereocenters. The van der Waals surface area contributed by atoms with Crippen molar-refractivity contribution in [2.75, 3.05) is 0 Å². The van der Waals surface area contributed by atoms with Crippen molar-refractivity contribution in [2.24, 2.45) is 11.8 Å². The maximum Gasteiger partial charge on any atom is 0.0978 e. The molecule has 9 nitrogen and oxygen atoms in total. The van der Waals surface area contributed by atoms with E-state index in [0.29, 0.717) is 0 Å². The average Bonchev–Trinajstić information content (AvgIpc) is 0.723. The van der Waals surface area contributed by atoms with Gasteiger partial charge in [-0.15, -0.1) is 0 Å². The zero-order chi connectivity index (χ0) is 74.6. The lowest BCUT2D eigenvalue weighted by atomic mass is 9.61. The van der Waals surface area contributed by atoms with Crippen LogP contribution in [0, 0.1) is 11.8 Å². The predicted molar refractivity (Wildman–Crippen MR) is 468 cm³/mol. The molecule has 0 fully saturated rings. The lowest BCUT2D eigenvalue weighted by Crippen LogP contribution is -2.30. The summed E-state index contributed by atoms with van der Waals surface area (Å²) in [5, 5.41) is 11.5. The highest BCUT2D eigenvalue weighted by Crippen LogP contribution is 2.55. The standard InChI is InChI=1S/C105H61N9/c1-4-15-60(16-5-1)85-51-41-73-57-83(84-58-74(59-106-103(84)102(73)108-85)75-42-29-63-32-45-78-76(43-30-64-31-44-77(75)96(63)97(64)78)91-52-37-67-33-46-81-94(61-17-6-2-7-18-61)79-23-10-12-25-89(79)112-104(81)100(67)111-91)69-21-14-22-70(55-69)87-48-35-65-27-28-66-36-49-88(110-99(66)98(65)109-87)72-39-50-86-71(56-72)40-54-92(107-86)93-53-38-68-34-47-82-95(62-19-8-3-9-20-62)80-24-11-13-26-90(80)113-105(82)101(68)114-93/h1-59,96-97H. The van der Waals surface area contributed by atoms with Gasteiger partial charge in [-0.1, -0.05) is 273 Å². The zero-order valence-electron chi connectivity index (χ0n) is 61.2. The first-order valence-corrected chi connectivity index (χ1v) is 38.8. The topological polar surface area (TPSA) is 116 Å². The van der Waals surface area contributed by atoms with Gasteiger partial charge in [-0.3, -0.25) is 4.98 Å². The summed E-state index contributed by atoms with van der Waals surface area (Å²) >= 11 is 0. The van der Waals surface area contributed by atoms with Crippen LogP contribution < -0.4 is 0 Å². The molecule has 9 aromatic heterocycles. The third-order valence-corrected chi connectivity index (χ3v) is 23.8. The summed E-state index contributed by atoms with van der Waals surface area (Å²) in [6, 6.07) is 107. The molecular formula is C105H61N9. The van der Waals surface area contributed by atoms with Crippen molar-refractivity contribution in [1.82, 2.24) is 44.9 Å². The SMILES string of the molecule is C1=CC2=C(c3ccc4ccc5c(-c6ccccc6)c6ccccc6nc5c4n3)C=CC3=CC=C4C(c5cnc6c(c5)c(-c5cccc(-c7ccc8ccc9ccc(-c%10ccc%11nc(-c%12ccc%13ccc%14c(-c%15ccccc%15)c%15ccccc%15nc%14c%13n%12)ccc%11c%10)nc9c8n7)c5)cc5ccc(-c7ccccc7)nc56)=CC=C1C4C32. The van der Waals surface area contributed by atoms with Crippen molar-refractivity contribution < 1.29 is 0 Å². The summed E-state index contributed by atoms with van der Waals surface area (Å²) in [7, 11) is 0. The third kappa shape index (κ3) is 10.2. The van der Waals surface area contributed by atoms with Crippen molar-refractivity contribution in [1.29, 1.82) is 0 Å². The molecule has 0 spiro atoms. The Hall–Kier alpha value is -15.2. The Bertz CT molecular complexity index is 7910. The number of pyridine rings is 9. The summed E-state index contributed by atoms with van der Waals surface area (Å²) in [6.07, 6.45) is 20.6. The number of nitrogens with zero attached hydrogens (tertiary/aromatic N) is 9. The van der Waals surface area contributed by atoms with Gasteiger partial charge in [0.2, 0.25) is 0 Å². The number of benzene rings is 11. The second-order valence-electron chi connectivity index (χ2n) is 30.2. The Balaban J connectivity index is 0.570. The summed E-state index contributed by atoms with van der Waals surface area (Å²) < 4.78 is 0. The van der Waals surface area contributed by atoms with Crippen LogP contribution in [-0.4, -0.2) is 44.9 Å². The molecule has 20 aromatic rings. The average molecular weight is 1450 g/mol. The van der Waals surface area contributed by atoms with Crippen LogP contribution in [-0.2, 0) is 0 Å². The predicted octanol–water partition coefficient (Wildman–Crippen LogP) is 25.6. The van der Waals surface area contributed by atoms with Gasteiger partial charge in [0.25, 0.3) is 0 Å². The van der Waals surface area contributed by atoms with E-state index < -0.39 is 0 Å². The lowest BCUT2D eigenvalue weighted by molar-refractivity contribution is 0.569. The maximum atomic E-state index is 5.60. The number of fused-ring (bicyclic) bond motifs is 15. The van der Waals surface area contributed by atoms with Gasteiger partial charge in [0.1, 0.15) is 0 Å². The first-order chi connectivity index (χ1) is 56.4. The Kier molecular flexibility index (Phi) is 14.1. The minimum absolute atomic E-state index is 0.0742.